The number of nitrogen functional groups attached to an aromatic ring is 1. The number of nitrogens with two attached hydrogens (primary N) is 2. The first-order valence-corrected chi connectivity index (χ1v) is 4.46. The van der Waals surface area contributed by atoms with E-state index >= 15 is 0 Å². The maximum absolute atomic E-state index is 10.3. The van der Waals surface area contributed by atoms with Gasteiger partial charge in [-0.2, -0.15) is 5.26 Å². The third kappa shape index (κ3) is 3.02. The SMILES string of the molecule is N#Cc1ccnc(NCCOC(N)=O)c1N. The van der Waals surface area contributed by atoms with Crippen LogP contribution in [0, 0.1) is 11.3 Å². The van der Waals surface area contributed by atoms with Gasteiger partial charge in [-0.3, -0.25) is 0 Å². The van der Waals surface area contributed by atoms with E-state index in [9.17, 15) is 4.79 Å². The third-order valence-corrected chi connectivity index (χ3v) is 1.75. The summed E-state index contributed by atoms with van der Waals surface area (Å²) in [4.78, 5) is 14.2. The van der Waals surface area contributed by atoms with Crippen molar-refractivity contribution in [3.05, 3.63) is 17.8 Å². The van der Waals surface area contributed by atoms with Crippen molar-refractivity contribution in [2.75, 3.05) is 24.2 Å². The Bertz CT molecular complexity index is 426. The zero-order valence-corrected chi connectivity index (χ0v) is 8.43. The van der Waals surface area contributed by atoms with Gasteiger partial charge in [0.25, 0.3) is 0 Å². The Labute approximate surface area is 92.0 Å². The highest BCUT2D eigenvalue weighted by Crippen LogP contribution is 2.18. The summed E-state index contributed by atoms with van der Waals surface area (Å²) in [5, 5.41) is 11.5. The molecule has 5 N–H and O–H groups in total. The number of nitrogens with one attached hydrogen (secondary N) is 1. The van der Waals surface area contributed by atoms with E-state index in [0.29, 0.717) is 17.9 Å². The highest BCUT2D eigenvalue weighted by Gasteiger charge is 2.04. The summed E-state index contributed by atoms with van der Waals surface area (Å²) in [5.41, 5.74) is 11.0. The Morgan fingerprint density at radius 2 is 2.44 bits per heavy atom. The minimum Gasteiger partial charge on any atom is -0.448 e. The summed E-state index contributed by atoms with van der Waals surface area (Å²) in [6, 6.07) is 3.45. The van der Waals surface area contributed by atoms with Crippen molar-refractivity contribution in [3.63, 3.8) is 0 Å². The smallest absolute Gasteiger partial charge is 0.404 e. The zero-order chi connectivity index (χ0) is 12.0. The van der Waals surface area contributed by atoms with Crippen LogP contribution < -0.4 is 16.8 Å². The van der Waals surface area contributed by atoms with E-state index < -0.39 is 6.09 Å². The molecule has 7 heteroatoms. The number of aromatic nitrogens is 1. The molecule has 0 radical (unpaired) electrons. The first kappa shape index (κ1) is 11.6. The summed E-state index contributed by atoms with van der Waals surface area (Å²) in [6.45, 7) is 0.419. The lowest BCUT2D eigenvalue weighted by Gasteiger charge is -2.08. The van der Waals surface area contributed by atoms with Crippen LogP contribution in [0.3, 0.4) is 0 Å². The molecule has 0 fully saturated rings. The average molecular weight is 221 g/mol. The van der Waals surface area contributed by atoms with Crippen LogP contribution in [0.2, 0.25) is 0 Å². The molecule has 0 aromatic carbocycles. The van der Waals surface area contributed by atoms with Crippen molar-refractivity contribution in [1.29, 1.82) is 5.26 Å². The number of nitrogens with zero attached hydrogens (tertiary/aromatic N) is 2. The van der Waals surface area contributed by atoms with E-state index in [1.807, 2.05) is 6.07 Å². The molecule has 84 valence electrons. The summed E-state index contributed by atoms with van der Waals surface area (Å²) >= 11 is 0. The molecule has 0 spiro atoms. The molecule has 7 nitrogen and oxygen atoms in total. The van der Waals surface area contributed by atoms with Crippen molar-refractivity contribution in [3.8, 4) is 6.07 Å². The number of hydrogen-bond acceptors (Lipinski definition) is 6. The summed E-state index contributed by atoms with van der Waals surface area (Å²) in [6.07, 6.45) is 0.625. The number of ether oxygens (including phenoxy) is 1. The fraction of sp³-hybridized carbons (Fsp3) is 0.222. The molecule has 1 aromatic rings. The van der Waals surface area contributed by atoms with E-state index in [4.69, 9.17) is 16.7 Å². The number of nitriles is 1. The quantitative estimate of drug-likeness (QED) is 0.616. The maximum atomic E-state index is 10.3. The van der Waals surface area contributed by atoms with Gasteiger partial charge in [0, 0.05) is 6.20 Å². The lowest BCUT2D eigenvalue weighted by molar-refractivity contribution is 0.161. The Balaban J connectivity index is 2.55. The Morgan fingerprint density at radius 1 is 1.69 bits per heavy atom. The normalized spacial score (nSPS) is 9.19. The van der Waals surface area contributed by atoms with Gasteiger partial charge >= 0.3 is 6.09 Å². The van der Waals surface area contributed by atoms with Crippen LogP contribution in [0.15, 0.2) is 12.3 Å². The van der Waals surface area contributed by atoms with Gasteiger partial charge in [0.1, 0.15) is 12.7 Å². The first-order chi connectivity index (χ1) is 7.65. The molecule has 0 aliphatic carbocycles. The van der Waals surface area contributed by atoms with E-state index in [1.165, 1.54) is 12.3 Å². The minimum absolute atomic E-state index is 0.104. The molecular formula is C9H11N5O2. The highest BCUT2D eigenvalue weighted by atomic mass is 16.5. The molecule has 1 aromatic heterocycles. The molecule has 1 rings (SSSR count). The molecule has 0 bridgehead atoms. The summed E-state index contributed by atoms with van der Waals surface area (Å²) in [5.74, 6) is 0.382. The second-order valence-corrected chi connectivity index (χ2v) is 2.83. The number of hydrogen-bond donors (Lipinski definition) is 3. The molecule has 0 aliphatic rings. The van der Waals surface area contributed by atoms with Crippen LogP contribution in [0.5, 0.6) is 0 Å². The van der Waals surface area contributed by atoms with Crippen LogP contribution in [0.1, 0.15) is 5.56 Å². The number of carbonyl (C=O) groups is 1. The van der Waals surface area contributed by atoms with E-state index in [0.717, 1.165) is 0 Å². The Kier molecular flexibility index (Phi) is 3.91. The summed E-state index contributed by atoms with van der Waals surface area (Å²) < 4.78 is 4.50. The molecule has 0 saturated heterocycles. The third-order valence-electron chi connectivity index (χ3n) is 1.75. The van der Waals surface area contributed by atoms with Crippen LogP contribution in [-0.4, -0.2) is 24.2 Å². The molecule has 0 aliphatic heterocycles. The molecule has 0 atom stereocenters. The van der Waals surface area contributed by atoms with Crippen LogP contribution >= 0.6 is 0 Å². The molecule has 16 heavy (non-hydrogen) atoms. The molecular weight excluding hydrogens is 210 g/mol. The molecule has 1 amide bonds. The standard InChI is InChI=1S/C9H11N5O2/c10-5-6-1-2-13-8(7(6)11)14-3-4-16-9(12)15/h1-2H,3-4,11H2,(H2,12,15)(H,13,14). The fourth-order valence-corrected chi connectivity index (χ4v) is 1.03. The zero-order valence-electron chi connectivity index (χ0n) is 8.43. The van der Waals surface area contributed by atoms with Gasteiger partial charge in [0.2, 0.25) is 0 Å². The van der Waals surface area contributed by atoms with E-state index in [1.54, 1.807) is 0 Å². The Hall–Kier alpha value is -2.49. The second-order valence-electron chi connectivity index (χ2n) is 2.83. The van der Waals surface area contributed by atoms with Crippen molar-refractivity contribution in [2.24, 2.45) is 5.73 Å². The van der Waals surface area contributed by atoms with Gasteiger partial charge in [0.15, 0.2) is 5.82 Å². The number of pyridine rings is 1. The van der Waals surface area contributed by atoms with E-state index in [2.05, 4.69) is 15.0 Å². The minimum atomic E-state index is -0.839. The fourth-order valence-electron chi connectivity index (χ4n) is 1.03. The number of rotatable bonds is 4. The topological polar surface area (TPSA) is 127 Å². The predicted octanol–water partition coefficient (Wildman–Crippen LogP) is 0.0427. The molecule has 0 saturated carbocycles. The van der Waals surface area contributed by atoms with Crippen molar-refractivity contribution >= 4 is 17.6 Å². The number of carbonyl (C=O) groups excluding carboxylic acids is 1. The van der Waals surface area contributed by atoms with Crippen LogP contribution in [0.25, 0.3) is 0 Å². The van der Waals surface area contributed by atoms with Crippen molar-refractivity contribution in [1.82, 2.24) is 4.98 Å². The van der Waals surface area contributed by atoms with E-state index in [-0.39, 0.29) is 12.3 Å². The largest absolute Gasteiger partial charge is 0.448 e. The first-order valence-electron chi connectivity index (χ1n) is 4.46. The van der Waals surface area contributed by atoms with Gasteiger partial charge in [-0.15, -0.1) is 0 Å². The second kappa shape index (κ2) is 5.41. The summed E-state index contributed by atoms with van der Waals surface area (Å²) in [7, 11) is 0. The number of amides is 1. The monoisotopic (exact) mass is 221 g/mol. The van der Waals surface area contributed by atoms with Gasteiger partial charge in [-0.1, -0.05) is 0 Å². The molecule has 1 heterocycles. The average Bonchev–Trinajstić information content (AvgIpc) is 2.26. The van der Waals surface area contributed by atoms with Crippen LogP contribution in [-0.2, 0) is 4.74 Å². The van der Waals surface area contributed by atoms with Gasteiger partial charge in [-0.05, 0) is 6.07 Å². The van der Waals surface area contributed by atoms with Gasteiger partial charge in [0.05, 0.1) is 17.8 Å². The highest BCUT2D eigenvalue weighted by molar-refractivity contribution is 5.68. The van der Waals surface area contributed by atoms with Crippen molar-refractivity contribution in [2.45, 2.75) is 0 Å². The van der Waals surface area contributed by atoms with Gasteiger partial charge in [-0.25, -0.2) is 9.78 Å². The number of primary amides is 1. The lowest BCUT2D eigenvalue weighted by Crippen LogP contribution is -2.19. The maximum Gasteiger partial charge on any atom is 0.404 e. The van der Waals surface area contributed by atoms with Crippen LogP contribution in [0.4, 0.5) is 16.3 Å². The van der Waals surface area contributed by atoms with Crippen molar-refractivity contribution < 1.29 is 9.53 Å². The molecule has 0 unspecified atom stereocenters. The predicted molar refractivity (Wildman–Crippen MR) is 57.4 cm³/mol. The van der Waals surface area contributed by atoms with Gasteiger partial charge < -0.3 is 21.5 Å². The number of anilines is 2. The lowest BCUT2D eigenvalue weighted by atomic mass is 10.2. The Morgan fingerprint density at radius 3 is 3.06 bits per heavy atom.